The number of carbonyl (C=O) groups excluding carboxylic acids is 2. The molecule has 0 saturated carbocycles. The van der Waals surface area contributed by atoms with Crippen LogP contribution in [0.2, 0.25) is 0 Å². The van der Waals surface area contributed by atoms with E-state index in [2.05, 4.69) is 5.32 Å². The molecule has 5 nitrogen and oxygen atoms in total. The van der Waals surface area contributed by atoms with E-state index in [1.165, 1.54) is 16.2 Å². The number of carbonyl (C=O) groups is 2. The summed E-state index contributed by atoms with van der Waals surface area (Å²) in [7, 11) is 1.57. The van der Waals surface area contributed by atoms with Gasteiger partial charge in [-0.1, -0.05) is 6.07 Å². The van der Waals surface area contributed by atoms with Gasteiger partial charge in [-0.3, -0.25) is 9.59 Å². The summed E-state index contributed by atoms with van der Waals surface area (Å²) in [5.41, 5.74) is 0. The van der Waals surface area contributed by atoms with Crippen LogP contribution < -0.4 is 5.32 Å². The molecule has 0 spiro atoms. The Hall–Kier alpha value is -1.40. The highest BCUT2D eigenvalue weighted by Gasteiger charge is 2.16. The second-order valence-electron chi connectivity index (χ2n) is 3.79. The van der Waals surface area contributed by atoms with Gasteiger partial charge in [-0.25, -0.2) is 0 Å². The van der Waals surface area contributed by atoms with Crippen LogP contribution >= 0.6 is 11.3 Å². The van der Waals surface area contributed by atoms with Gasteiger partial charge in [0.05, 0.1) is 18.0 Å². The lowest BCUT2D eigenvalue weighted by Crippen LogP contribution is -2.42. The van der Waals surface area contributed by atoms with E-state index >= 15 is 0 Å². The number of likely N-dealkylation sites (N-methyl/N-ethyl adjacent to an activating group) is 1. The van der Waals surface area contributed by atoms with Crippen LogP contribution in [0.15, 0.2) is 17.5 Å². The van der Waals surface area contributed by atoms with Gasteiger partial charge in [0.2, 0.25) is 5.91 Å². The molecular formula is C11H16N2O3S. The first-order valence-corrected chi connectivity index (χ1v) is 6.11. The Morgan fingerprint density at radius 1 is 1.59 bits per heavy atom. The summed E-state index contributed by atoms with van der Waals surface area (Å²) in [6.07, 6.45) is 0. The van der Waals surface area contributed by atoms with Crippen molar-refractivity contribution in [3.8, 4) is 0 Å². The molecule has 1 aromatic heterocycles. The molecule has 0 aromatic carbocycles. The van der Waals surface area contributed by atoms with Crippen molar-refractivity contribution >= 4 is 23.2 Å². The van der Waals surface area contributed by atoms with E-state index in [1.807, 2.05) is 5.38 Å². The van der Waals surface area contributed by atoms with E-state index < -0.39 is 0 Å². The predicted octanol–water partition coefficient (Wildman–Crippen LogP) is 0.317. The topological polar surface area (TPSA) is 69.6 Å². The van der Waals surface area contributed by atoms with Gasteiger partial charge in [0.25, 0.3) is 5.91 Å². The maximum absolute atomic E-state index is 11.8. The number of nitrogens with one attached hydrogen (secondary N) is 1. The first kappa shape index (κ1) is 13.7. The van der Waals surface area contributed by atoms with E-state index in [9.17, 15) is 9.59 Å². The van der Waals surface area contributed by atoms with E-state index in [0.717, 1.165) is 0 Å². The fourth-order valence-electron chi connectivity index (χ4n) is 1.24. The average Bonchev–Trinajstić information content (AvgIpc) is 2.80. The van der Waals surface area contributed by atoms with E-state index in [4.69, 9.17) is 5.11 Å². The lowest BCUT2D eigenvalue weighted by atomic mass is 10.3. The quantitative estimate of drug-likeness (QED) is 0.797. The fourth-order valence-corrected chi connectivity index (χ4v) is 1.96. The van der Waals surface area contributed by atoms with Gasteiger partial charge in [-0.05, 0) is 18.4 Å². The van der Waals surface area contributed by atoms with Crippen LogP contribution in [0.4, 0.5) is 0 Å². The molecule has 1 atom stereocenters. The summed E-state index contributed by atoms with van der Waals surface area (Å²) in [5, 5.41) is 13.2. The Labute approximate surface area is 104 Å². The third-order valence-corrected chi connectivity index (χ3v) is 3.00. The summed E-state index contributed by atoms with van der Waals surface area (Å²) < 4.78 is 0. The van der Waals surface area contributed by atoms with Crippen LogP contribution in [0.3, 0.4) is 0 Å². The van der Waals surface area contributed by atoms with Gasteiger partial charge >= 0.3 is 0 Å². The maximum Gasteiger partial charge on any atom is 0.264 e. The number of rotatable bonds is 5. The molecule has 0 unspecified atom stereocenters. The van der Waals surface area contributed by atoms with Gasteiger partial charge < -0.3 is 15.3 Å². The molecule has 0 radical (unpaired) electrons. The summed E-state index contributed by atoms with van der Waals surface area (Å²) >= 11 is 1.34. The Bertz CT molecular complexity index is 378. The van der Waals surface area contributed by atoms with Crippen LogP contribution in [0.1, 0.15) is 16.6 Å². The number of amides is 2. The molecule has 0 saturated heterocycles. The minimum Gasteiger partial charge on any atom is -0.394 e. The first-order chi connectivity index (χ1) is 8.04. The van der Waals surface area contributed by atoms with Crippen molar-refractivity contribution in [1.29, 1.82) is 0 Å². The Balaban J connectivity index is 2.46. The molecule has 1 aromatic rings. The number of thiophene rings is 1. The molecule has 2 N–H and O–H groups in total. The molecule has 17 heavy (non-hydrogen) atoms. The maximum atomic E-state index is 11.8. The summed E-state index contributed by atoms with van der Waals surface area (Å²) in [5.74, 6) is -0.453. The SMILES string of the molecule is C[C@@H](CO)NC(=O)CN(C)C(=O)c1cccs1. The molecule has 6 heteroatoms. The van der Waals surface area contributed by atoms with Gasteiger partial charge in [-0.2, -0.15) is 0 Å². The normalized spacial score (nSPS) is 11.9. The average molecular weight is 256 g/mol. The lowest BCUT2D eigenvalue weighted by Gasteiger charge is -2.17. The lowest BCUT2D eigenvalue weighted by molar-refractivity contribution is -0.122. The predicted molar refractivity (Wildman–Crippen MR) is 66.0 cm³/mol. The van der Waals surface area contributed by atoms with Gasteiger partial charge in [0, 0.05) is 13.1 Å². The van der Waals surface area contributed by atoms with Crippen molar-refractivity contribution in [2.24, 2.45) is 0 Å². The zero-order chi connectivity index (χ0) is 12.8. The number of hydrogen-bond donors (Lipinski definition) is 2. The highest BCUT2D eigenvalue weighted by atomic mass is 32.1. The van der Waals surface area contributed by atoms with Crippen molar-refractivity contribution in [2.45, 2.75) is 13.0 Å². The number of aliphatic hydroxyl groups excluding tert-OH is 1. The fraction of sp³-hybridized carbons (Fsp3) is 0.455. The van der Waals surface area contributed by atoms with Crippen molar-refractivity contribution in [2.75, 3.05) is 20.2 Å². The zero-order valence-corrected chi connectivity index (χ0v) is 10.7. The Morgan fingerprint density at radius 2 is 2.29 bits per heavy atom. The third-order valence-electron chi connectivity index (χ3n) is 2.14. The highest BCUT2D eigenvalue weighted by molar-refractivity contribution is 7.12. The molecular weight excluding hydrogens is 240 g/mol. The minimum absolute atomic E-state index is 0.0128. The molecule has 0 aliphatic heterocycles. The van der Waals surface area contributed by atoms with Crippen molar-refractivity contribution < 1.29 is 14.7 Å². The Morgan fingerprint density at radius 3 is 2.82 bits per heavy atom. The number of aliphatic hydroxyl groups is 1. The Kier molecular flexibility index (Phi) is 5.11. The van der Waals surface area contributed by atoms with Crippen LogP contribution in [0.25, 0.3) is 0 Å². The molecule has 1 heterocycles. The van der Waals surface area contributed by atoms with Crippen LogP contribution in [0.5, 0.6) is 0 Å². The van der Waals surface area contributed by atoms with Crippen LogP contribution in [-0.2, 0) is 4.79 Å². The second kappa shape index (κ2) is 6.36. The largest absolute Gasteiger partial charge is 0.394 e. The minimum atomic E-state index is -0.298. The molecule has 0 aliphatic carbocycles. The summed E-state index contributed by atoms with van der Waals surface area (Å²) in [6, 6.07) is 3.21. The van der Waals surface area contributed by atoms with E-state index in [1.54, 1.807) is 26.1 Å². The number of hydrogen-bond acceptors (Lipinski definition) is 4. The molecule has 94 valence electrons. The molecule has 0 aliphatic rings. The molecule has 1 rings (SSSR count). The van der Waals surface area contributed by atoms with E-state index in [0.29, 0.717) is 4.88 Å². The summed E-state index contributed by atoms with van der Waals surface area (Å²) in [6.45, 7) is 1.56. The van der Waals surface area contributed by atoms with Crippen molar-refractivity contribution in [1.82, 2.24) is 10.2 Å². The van der Waals surface area contributed by atoms with Gasteiger partial charge in [0.15, 0.2) is 0 Å². The van der Waals surface area contributed by atoms with Crippen molar-refractivity contribution in [3.63, 3.8) is 0 Å². The highest BCUT2D eigenvalue weighted by Crippen LogP contribution is 2.10. The molecule has 0 fully saturated rings. The van der Waals surface area contributed by atoms with Crippen LogP contribution in [0, 0.1) is 0 Å². The molecule has 2 amide bonds. The summed E-state index contributed by atoms with van der Waals surface area (Å²) in [4.78, 5) is 25.2. The smallest absolute Gasteiger partial charge is 0.264 e. The van der Waals surface area contributed by atoms with Crippen LogP contribution in [-0.4, -0.2) is 48.1 Å². The van der Waals surface area contributed by atoms with E-state index in [-0.39, 0.29) is 31.0 Å². The van der Waals surface area contributed by atoms with Crippen molar-refractivity contribution in [3.05, 3.63) is 22.4 Å². The third kappa shape index (κ3) is 4.16. The molecule has 0 bridgehead atoms. The van der Waals surface area contributed by atoms with Gasteiger partial charge in [0.1, 0.15) is 0 Å². The number of nitrogens with zero attached hydrogens (tertiary/aromatic N) is 1. The zero-order valence-electron chi connectivity index (χ0n) is 9.84. The first-order valence-electron chi connectivity index (χ1n) is 5.23. The standard InChI is InChI=1S/C11H16N2O3S/c1-8(7-14)12-10(15)6-13(2)11(16)9-4-3-5-17-9/h3-5,8,14H,6-7H2,1-2H3,(H,12,15)/t8-/m0/s1. The van der Waals surface area contributed by atoms with Gasteiger partial charge in [-0.15, -0.1) is 11.3 Å². The monoisotopic (exact) mass is 256 g/mol. The second-order valence-corrected chi connectivity index (χ2v) is 4.74.